The van der Waals surface area contributed by atoms with Crippen molar-refractivity contribution in [1.82, 2.24) is 15.0 Å². The molecule has 3 heterocycles. The standard InChI is InChI=1S/C15H7F3N4O3S2/c16-15(17,18)11-10(27-5-19-11)12(23)22-13-20-8(4-26-13)6-1-2-7-9(3-6)25-14(24)21-7/h1-5H,(H,21,24)(H,20,22,23). The van der Waals surface area contributed by atoms with Crippen LogP contribution in [-0.4, -0.2) is 20.9 Å². The number of nitrogens with one attached hydrogen (secondary N) is 2. The number of hydrogen-bond donors (Lipinski definition) is 2. The van der Waals surface area contributed by atoms with E-state index < -0.39 is 28.4 Å². The van der Waals surface area contributed by atoms with Crippen LogP contribution in [0.2, 0.25) is 0 Å². The zero-order valence-corrected chi connectivity index (χ0v) is 14.6. The molecule has 3 aromatic heterocycles. The first-order valence-corrected chi connectivity index (χ1v) is 8.98. The first-order chi connectivity index (χ1) is 12.8. The van der Waals surface area contributed by atoms with Crippen LogP contribution >= 0.6 is 22.7 Å². The second-order valence-electron chi connectivity index (χ2n) is 5.25. The van der Waals surface area contributed by atoms with Crippen molar-refractivity contribution in [2.45, 2.75) is 6.18 Å². The van der Waals surface area contributed by atoms with Crippen LogP contribution in [0.1, 0.15) is 15.4 Å². The lowest BCUT2D eigenvalue weighted by Crippen LogP contribution is -2.17. The molecule has 0 fully saturated rings. The molecule has 0 unspecified atom stereocenters. The number of aromatic amines is 1. The van der Waals surface area contributed by atoms with Gasteiger partial charge in [0.15, 0.2) is 16.4 Å². The van der Waals surface area contributed by atoms with Gasteiger partial charge in [-0.25, -0.2) is 14.8 Å². The SMILES string of the molecule is O=C(Nc1nc(-c2ccc3[nH]c(=O)oc3c2)cs1)c1scnc1C(F)(F)F. The van der Waals surface area contributed by atoms with Gasteiger partial charge in [0.1, 0.15) is 4.88 Å². The fraction of sp³-hybridized carbons (Fsp3) is 0.0667. The molecule has 0 saturated carbocycles. The van der Waals surface area contributed by atoms with Gasteiger partial charge in [0.05, 0.1) is 16.7 Å². The molecule has 138 valence electrons. The van der Waals surface area contributed by atoms with Crippen molar-refractivity contribution in [2.75, 3.05) is 5.32 Å². The van der Waals surface area contributed by atoms with Crippen LogP contribution in [0, 0.1) is 0 Å². The molecule has 0 aliphatic heterocycles. The van der Waals surface area contributed by atoms with Gasteiger partial charge in [-0.05, 0) is 12.1 Å². The van der Waals surface area contributed by atoms with Crippen molar-refractivity contribution in [1.29, 1.82) is 0 Å². The highest BCUT2D eigenvalue weighted by molar-refractivity contribution is 7.14. The first-order valence-electron chi connectivity index (χ1n) is 7.22. The number of rotatable bonds is 3. The minimum Gasteiger partial charge on any atom is -0.408 e. The summed E-state index contributed by atoms with van der Waals surface area (Å²) in [5, 5.41) is 4.10. The molecule has 7 nitrogen and oxygen atoms in total. The molecule has 4 rings (SSSR count). The van der Waals surface area contributed by atoms with Crippen LogP contribution < -0.4 is 11.1 Å². The summed E-state index contributed by atoms with van der Waals surface area (Å²) in [5.41, 5.74) is 1.70. The number of fused-ring (bicyclic) bond motifs is 1. The van der Waals surface area contributed by atoms with E-state index in [1.165, 1.54) is 0 Å². The summed E-state index contributed by atoms with van der Waals surface area (Å²) in [5.74, 6) is -1.52. The number of oxazole rings is 1. The zero-order chi connectivity index (χ0) is 19.2. The number of aromatic nitrogens is 3. The van der Waals surface area contributed by atoms with E-state index in [1.54, 1.807) is 23.6 Å². The van der Waals surface area contributed by atoms with Gasteiger partial charge < -0.3 is 4.42 Å². The number of thiazole rings is 2. The smallest absolute Gasteiger partial charge is 0.408 e. The molecule has 0 saturated heterocycles. The number of alkyl halides is 3. The summed E-state index contributed by atoms with van der Waals surface area (Å²) in [4.78, 5) is 32.7. The van der Waals surface area contributed by atoms with E-state index in [-0.39, 0.29) is 5.13 Å². The van der Waals surface area contributed by atoms with Gasteiger partial charge in [0.25, 0.3) is 5.91 Å². The minimum absolute atomic E-state index is 0.132. The summed E-state index contributed by atoms with van der Waals surface area (Å²) < 4.78 is 43.5. The van der Waals surface area contributed by atoms with Gasteiger partial charge in [0.2, 0.25) is 0 Å². The van der Waals surface area contributed by atoms with Crippen molar-refractivity contribution in [3.8, 4) is 11.3 Å². The van der Waals surface area contributed by atoms with Gasteiger partial charge in [-0.3, -0.25) is 15.1 Å². The van der Waals surface area contributed by atoms with Crippen molar-refractivity contribution in [3.63, 3.8) is 0 Å². The quantitative estimate of drug-likeness (QED) is 0.530. The Labute approximate surface area is 155 Å². The number of carbonyl (C=O) groups excluding carboxylic acids is 1. The summed E-state index contributed by atoms with van der Waals surface area (Å²) in [6, 6.07) is 4.93. The van der Waals surface area contributed by atoms with E-state index in [1.807, 2.05) is 0 Å². The third-order valence-electron chi connectivity index (χ3n) is 3.48. The van der Waals surface area contributed by atoms with Crippen molar-refractivity contribution >= 4 is 44.8 Å². The van der Waals surface area contributed by atoms with E-state index in [0.717, 1.165) is 16.8 Å². The number of benzene rings is 1. The Kier molecular flexibility index (Phi) is 4.08. The van der Waals surface area contributed by atoms with Crippen LogP contribution in [0.15, 0.2) is 38.3 Å². The zero-order valence-electron chi connectivity index (χ0n) is 13.0. The lowest BCUT2D eigenvalue weighted by molar-refractivity contribution is -0.141. The molecule has 0 aliphatic rings. The Morgan fingerprint density at radius 3 is 2.85 bits per heavy atom. The Hall–Kier alpha value is -2.99. The van der Waals surface area contributed by atoms with Gasteiger partial charge in [-0.15, -0.1) is 22.7 Å². The Morgan fingerprint density at radius 1 is 1.26 bits per heavy atom. The van der Waals surface area contributed by atoms with E-state index in [2.05, 4.69) is 20.3 Å². The van der Waals surface area contributed by atoms with E-state index in [9.17, 15) is 22.8 Å². The fourth-order valence-electron chi connectivity index (χ4n) is 2.33. The lowest BCUT2D eigenvalue weighted by atomic mass is 10.1. The maximum Gasteiger partial charge on any atom is 0.434 e. The van der Waals surface area contributed by atoms with Crippen molar-refractivity contribution in [3.05, 3.63) is 50.2 Å². The summed E-state index contributed by atoms with van der Waals surface area (Å²) >= 11 is 1.65. The minimum atomic E-state index is -4.71. The molecule has 4 aromatic rings. The largest absolute Gasteiger partial charge is 0.434 e. The molecular formula is C15H7F3N4O3S2. The van der Waals surface area contributed by atoms with Crippen LogP contribution in [0.5, 0.6) is 0 Å². The summed E-state index contributed by atoms with van der Waals surface area (Å²) in [6.45, 7) is 0. The topological polar surface area (TPSA) is 101 Å². The molecule has 0 spiro atoms. The fourth-order valence-corrected chi connectivity index (χ4v) is 3.75. The maximum atomic E-state index is 12.9. The highest BCUT2D eigenvalue weighted by atomic mass is 32.1. The van der Waals surface area contributed by atoms with Crippen molar-refractivity contribution in [2.24, 2.45) is 0 Å². The highest BCUT2D eigenvalue weighted by Crippen LogP contribution is 2.33. The first kappa shape index (κ1) is 17.4. The molecule has 0 bridgehead atoms. The van der Waals surface area contributed by atoms with E-state index in [4.69, 9.17) is 4.42 Å². The van der Waals surface area contributed by atoms with Crippen LogP contribution in [0.4, 0.5) is 18.3 Å². The number of anilines is 1. The average Bonchev–Trinajstić information content (AvgIpc) is 3.31. The molecule has 12 heteroatoms. The number of nitrogens with zero attached hydrogens (tertiary/aromatic N) is 2. The molecule has 27 heavy (non-hydrogen) atoms. The monoisotopic (exact) mass is 412 g/mol. The second kappa shape index (κ2) is 6.32. The predicted molar refractivity (Wildman–Crippen MR) is 93.0 cm³/mol. The predicted octanol–water partition coefficient (Wildman–Crippen LogP) is 3.97. The Morgan fingerprint density at radius 2 is 2.07 bits per heavy atom. The molecular weight excluding hydrogens is 405 g/mol. The third-order valence-corrected chi connectivity index (χ3v) is 5.07. The summed E-state index contributed by atoms with van der Waals surface area (Å²) in [7, 11) is 0. The molecule has 2 N–H and O–H groups in total. The van der Waals surface area contributed by atoms with E-state index in [0.29, 0.717) is 33.7 Å². The number of carbonyl (C=O) groups is 1. The Bertz CT molecular complexity index is 1200. The van der Waals surface area contributed by atoms with Crippen molar-refractivity contribution < 1.29 is 22.4 Å². The summed E-state index contributed by atoms with van der Waals surface area (Å²) in [6.07, 6.45) is -4.71. The van der Waals surface area contributed by atoms with Gasteiger partial charge in [-0.2, -0.15) is 13.2 Å². The van der Waals surface area contributed by atoms with Crippen LogP contribution in [-0.2, 0) is 6.18 Å². The molecule has 1 amide bonds. The van der Waals surface area contributed by atoms with Crippen LogP contribution in [0.25, 0.3) is 22.4 Å². The van der Waals surface area contributed by atoms with Gasteiger partial charge in [-0.1, -0.05) is 6.07 Å². The molecule has 0 radical (unpaired) electrons. The van der Waals surface area contributed by atoms with E-state index >= 15 is 0 Å². The number of hydrogen-bond acceptors (Lipinski definition) is 7. The Balaban J connectivity index is 1.58. The maximum absolute atomic E-state index is 12.9. The number of amides is 1. The van der Waals surface area contributed by atoms with Gasteiger partial charge >= 0.3 is 11.9 Å². The lowest BCUT2D eigenvalue weighted by Gasteiger charge is -2.05. The third kappa shape index (κ3) is 3.36. The molecule has 0 aliphatic carbocycles. The number of halogens is 3. The number of H-pyrrole nitrogens is 1. The average molecular weight is 412 g/mol. The second-order valence-corrected chi connectivity index (χ2v) is 6.96. The molecule has 1 aromatic carbocycles. The highest BCUT2D eigenvalue weighted by Gasteiger charge is 2.38. The van der Waals surface area contributed by atoms with Crippen LogP contribution in [0.3, 0.4) is 0 Å². The van der Waals surface area contributed by atoms with Gasteiger partial charge in [0, 0.05) is 10.9 Å². The normalized spacial score (nSPS) is 11.8. The molecule has 0 atom stereocenters.